The fourth-order valence-electron chi connectivity index (χ4n) is 3.55. The number of alkyl halides is 3. The van der Waals surface area contributed by atoms with Gasteiger partial charge >= 0.3 is 12.1 Å². The van der Waals surface area contributed by atoms with E-state index < -0.39 is 29.4 Å². The Bertz CT molecular complexity index is 1080. The normalized spacial score (nSPS) is 12.6. The van der Waals surface area contributed by atoms with Crippen LogP contribution in [0.2, 0.25) is 5.02 Å². The zero-order chi connectivity index (χ0) is 23.5. The van der Waals surface area contributed by atoms with Gasteiger partial charge in [-0.2, -0.15) is 13.2 Å². The molecule has 0 spiro atoms. The molecule has 0 aliphatic rings. The first-order valence-corrected chi connectivity index (χ1v) is 10.4. The zero-order valence-electron chi connectivity index (χ0n) is 17.5. The summed E-state index contributed by atoms with van der Waals surface area (Å²) in [6.07, 6.45) is -4.77. The van der Waals surface area contributed by atoms with Crippen molar-refractivity contribution < 1.29 is 27.8 Å². The van der Waals surface area contributed by atoms with Crippen LogP contribution in [0.5, 0.6) is 11.5 Å². The molecule has 0 amide bonds. The summed E-state index contributed by atoms with van der Waals surface area (Å²) < 4.78 is 48.5. The van der Waals surface area contributed by atoms with Crippen molar-refractivity contribution in [2.75, 3.05) is 0 Å². The quantitative estimate of drug-likeness (QED) is 0.386. The summed E-state index contributed by atoms with van der Waals surface area (Å²) in [5.41, 5.74) is -0.311. The highest BCUT2D eigenvalue weighted by molar-refractivity contribution is 6.30. The molecule has 168 valence electrons. The number of carboxylic acid groups (broad SMARTS) is 1. The van der Waals surface area contributed by atoms with Crippen LogP contribution in [0.25, 0.3) is 11.1 Å². The molecule has 3 nitrogen and oxygen atoms in total. The van der Waals surface area contributed by atoms with Crippen LogP contribution in [0.4, 0.5) is 13.2 Å². The second-order valence-corrected chi connectivity index (χ2v) is 8.32. The molecule has 3 rings (SSSR count). The Hall–Kier alpha value is -2.99. The van der Waals surface area contributed by atoms with Gasteiger partial charge < -0.3 is 9.84 Å². The van der Waals surface area contributed by atoms with Gasteiger partial charge in [0.15, 0.2) is 0 Å². The van der Waals surface area contributed by atoms with Gasteiger partial charge in [-0.15, -0.1) is 0 Å². The Morgan fingerprint density at radius 2 is 1.62 bits per heavy atom. The van der Waals surface area contributed by atoms with E-state index in [-0.39, 0.29) is 23.7 Å². The van der Waals surface area contributed by atoms with Crippen LogP contribution in [0.3, 0.4) is 0 Å². The molecule has 0 fully saturated rings. The molecule has 32 heavy (non-hydrogen) atoms. The minimum atomic E-state index is -4.82. The lowest BCUT2D eigenvalue weighted by Crippen LogP contribution is -2.20. The van der Waals surface area contributed by atoms with Crippen LogP contribution in [0, 0.1) is 5.92 Å². The maximum absolute atomic E-state index is 14.3. The average Bonchev–Trinajstić information content (AvgIpc) is 2.72. The number of benzene rings is 3. The molecule has 0 saturated heterocycles. The maximum Gasteiger partial charge on any atom is 0.420 e. The predicted molar refractivity (Wildman–Crippen MR) is 118 cm³/mol. The summed E-state index contributed by atoms with van der Waals surface area (Å²) in [4.78, 5) is 12.0. The van der Waals surface area contributed by atoms with Crippen LogP contribution in [-0.4, -0.2) is 11.1 Å². The molecule has 0 saturated carbocycles. The number of hydrogen-bond acceptors (Lipinski definition) is 2. The van der Waals surface area contributed by atoms with Gasteiger partial charge in [-0.1, -0.05) is 55.8 Å². The Morgan fingerprint density at radius 3 is 2.16 bits per heavy atom. The number of halogens is 4. The minimum absolute atomic E-state index is 0.0526. The van der Waals surface area contributed by atoms with Crippen molar-refractivity contribution in [1.29, 1.82) is 0 Å². The fourth-order valence-corrected chi connectivity index (χ4v) is 3.68. The highest BCUT2D eigenvalue weighted by Gasteiger charge is 2.41. The fraction of sp³-hybridized carbons (Fsp3) is 0.240. The van der Waals surface area contributed by atoms with E-state index in [1.165, 1.54) is 36.4 Å². The van der Waals surface area contributed by atoms with Crippen molar-refractivity contribution in [2.45, 2.75) is 32.4 Å². The number of hydrogen-bond donors (Lipinski definition) is 1. The second-order valence-electron chi connectivity index (χ2n) is 7.88. The lowest BCUT2D eigenvalue weighted by atomic mass is 9.85. The van der Waals surface area contributed by atoms with E-state index in [1.807, 2.05) is 0 Å². The molecule has 0 bridgehead atoms. The zero-order valence-corrected chi connectivity index (χ0v) is 18.2. The monoisotopic (exact) mass is 462 g/mol. The molecule has 3 aromatic rings. The standard InChI is InChI=1S/C25H22ClF3O3/c1-15(2)12-21(24(30)31)20-13-17(16-6-4-3-5-7-16)14-22(23(20)25(27,28)29)32-19-10-8-18(26)9-11-19/h3-11,13-15,21H,12H2,1-2H3,(H,30,31). The van der Waals surface area contributed by atoms with E-state index in [0.29, 0.717) is 16.1 Å². The number of carboxylic acids is 1. The van der Waals surface area contributed by atoms with Gasteiger partial charge in [0.1, 0.15) is 17.1 Å². The van der Waals surface area contributed by atoms with Crippen LogP contribution in [0.1, 0.15) is 37.3 Å². The van der Waals surface area contributed by atoms with Crippen molar-refractivity contribution in [2.24, 2.45) is 5.92 Å². The highest BCUT2D eigenvalue weighted by Crippen LogP contribution is 2.46. The van der Waals surface area contributed by atoms with Crippen molar-refractivity contribution in [1.82, 2.24) is 0 Å². The smallest absolute Gasteiger partial charge is 0.420 e. The first-order valence-electron chi connectivity index (χ1n) is 10.0. The van der Waals surface area contributed by atoms with E-state index >= 15 is 0 Å². The molecule has 1 unspecified atom stereocenters. The third kappa shape index (κ3) is 5.62. The minimum Gasteiger partial charge on any atom is -0.481 e. The SMILES string of the molecule is CC(C)CC(C(=O)O)c1cc(-c2ccccc2)cc(Oc2ccc(Cl)cc2)c1C(F)(F)F. The molecule has 0 aliphatic heterocycles. The van der Waals surface area contributed by atoms with E-state index in [2.05, 4.69) is 0 Å². The summed E-state index contributed by atoms with van der Waals surface area (Å²) in [6.45, 7) is 3.55. The largest absolute Gasteiger partial charge is 0.481 e. The molecule has 0 heterocycles. The van der Waals surface area contributed by atoms with Gasteiger partial charge in [0.05, 0.1) is 5.92 Å². The van der Waals surface area contributed by atoms with Gasteiger partial charge in [-0.25, -0.2) is 0 Å². The summed E-state index contributed by atoms with van der Waals surface area (Å²) in [5, 5.41) is 10.2. The summed E-state index contributed by atoms with van der Waals surface area (Å²) >= 11 is 5.87. The van der Waals surface area contributed by atoms with E-state index in [4.69, 9.17) is 16.3 Å². The summed E-state index contributed by atoms with van der Waals surface area (Å²) in [6, 6.07) is 17.3. The second kappa shape index (κ2) is 9.65. The molecule has 7 heteroatoms. The van der Waals surface area contributed by atoms with Crippen LogP contribution in [0.15, 0.2) is 66.7 Å². The van der Waals surface area contributed by atoms with Crippen LogP contribution in [-0.2, 0) is 11.0 Å². The van der Waals surface area contributed by atoms with Crippen molar-refractivity contribution in [3.05, 3.63) is 82.9 Å². The van der Waals surface area contributed by atoms with Crippen molar-refractivity contribution >= 4 is 17.6 Å². The number of aliphatic carboxylic acids is 1. The lowest BCUT2D eigenvalue weighted by Gasteiger charge is -2.24. The first-order chi connectivity index (χ1) is 15.1. The van der Waals surface area contributed by atoms with Crippen LogP contribution < -0.4 is 4.74 Å². The molecule has 0 aromatic heterocycles. The highest BCUT2D eigenvalue weighted by atomic mass is 35.5. The first kappa shape index (κ1) is 23.7. The Balaban J connectivity index is 2.29. The number of ether oxygens (including phenoxy) is 1. The molecule has 1 atom stereocenters. The Labute approximate surface area is 189 Å². The Kier molecular flexibility index (Phi) is 7.14. The molecule has 0 aliphatic carbocycles. The third-order valence-electron chi connectivity index (χ3n) is 4.95. The van der Waals surface area contributed by atoms with Crippen molar-refractivity contribution in [3.63, 3.8) is 0 Å². The van der Waals surface area contributed by atoms with E-state index in [9.17, 15) is 23.1 Å². The number of carbonyl (C=O) groups is 1. The summed E-state index contributed by atoms with van der Waals surface area (Å²) in [5.74, 6) is -3.08. The van der Waals surface area contributed by atoms with Gasteiger partial charge in [0.25, 0.3) is 0 Å². The van der Waals surface area contributed by atoms with Crippen molar-refractivity contribution in [3.8, 4) is 22.6 Å². The topological polar surface area (TPSA) is 46.5 Å². The van der Waals surface area contributed by atoms with Gasteiger partial charge in [-0.3, -0.25) is 4.79 Å². The van der Waals surface area contributed by atoms with Gasteiger partial charge in [0, 0.05) is 5.02 Å². The number of rotatable bonds is 7. The molecular weight excluding hydrogens is 441 g/mol. The molecule has 1 N–H and O–H groups in total. The van der Waals surface area contributed by atoms with Gasteiger partial charge in [0.2, 0.25) is 0 Å². The third-order valence-corrected chi connectivity index (χ3v) is 5.20. The molecule has 3 aromatic carbocycles. The molecule has 0 radical (unpaired) electrons. The lowest BCUT2D eigenvalue weighted by molar-refractivity contribution is -0.142. The van der Waals surface area contributed by atoms with E-state index in [0.717, 1.165) is 0 Å². The van der Waals surface area contributed by atoms with Gasteiger partial charge in [-0.05, 0) is 65.4 Å². The maximum atomic E-state index is 14.3. The Morgan fingerprint density at radius 1 is 1.00 bits per heavy atom. The summed E-state index contributed by atoms with van der Waals surface area (Å²) in [7, 11) is 0. The van der Waals surface area contributed by atoms with E-state index in [1.54, 1.807) is 44.2 Å². The van der Waals surface area contributed by atoms with Crippen LogP contribution >= 0.6 is 11.6 Å². The predicted octanol–water partition coefficient (Wildman–Crippen LogP) is 8.03. The average molecular weight is 463 g/mol. The molecular formula is C25H22ClF3O3.